The largest absolute Gasteiger partial charge is 0.332 e. The number of nitrogens with zero attached hydrogens (tertiary/aromatic N) is 5. The van der Waals surface area contributed by atoms with Crippen molar-refractivity contribution >= 4 is 5.91 Å². The van der Waals surface area contributed by atoms with E-state index in [-0.39, 0.29) is 17.9 Å². The molecule has 0 bridgehead atoms. The highest BCUT2D eigenvalue weighted by atomic mass is 16.2. The van der Waals surface area contributed by atoms with E-state index in [9.17, 15) is 4.79 Å². The van der Waals surface area contributed by atoms with Gasteiger partial charge in [0.25, 0.3) is 0 Å². The van der Waals surface area contributed by atoms with Gasteiger partial charge in [-0.1, -0.05) is 6.92 Å². The van der Waals surface area contributed by atoms with E-state index < -0.39 is 0 Å². The zero-order valence-electron chi connectivity index (χ0n) is 15.3. The second-order valence-corrected chi connectivity index (χ2v) is 7.30. The molecule has 2 aromatic heterocycles. The number of rotatable bonds is 4. The minimum atomic E-state index is -0.114. The molecule has 2 aromatic rings. The first-order chi connectivity index (χ1) is 12.7. The molecule has 1 saturated heterocycles. The van der Waals surface area contributed by atoms with Crippen molar-refractivity contribution in [2.45, 2.75) is 51.7 Å². The van der Waals surface area contributed by atoms with E-state index >= 15 is 0 Å². The highest BCUT2D eigenvalue weighted by Crippen LogP contribution is 2.31. The van der Waals surface area contributed by atoms with Gasteiger partial charge < -0.3 is 10.2 Å². The Labute approximate surface area is 153 Å². The summed E-state index contributed by atoms with van der Waals surface area (Å²) < 4.78 is 1.82. The van der Waals surface area contributed by atoms with Crippen LogP contribution >= 0.6 is 0 Å². The Kier molecular flexibility index (Phi) is 4.97. The van der Waals surface area contributed by atoms with Crippen LogP contribution in [0.1, 0.15) is 49.3 Å². The van der Waals surface area contributed by atoms with Crippen molar-refractivity contribution in [3.63, 3.8) is 0 Å². The van der Waals surface area contributed by atoms with Crippen molar-refractivity contribution in [3.8, 4) is 0 Å². The normalized spacial score (nSPS) is 21.3. The number of amides is 1. The second-order valence-electron chi connectivity index (χ2n) is 7.30. The lowest BCUT2D eigenvalue weighted by Crippen LogP contribution is -2.43. The highest BCUT2D eigenvalue weighted by molar-refractivity contribution is 5.79. The molecule has 26 heavy (non-hydrogen) atoms. The molecule has 2 aliphatic rings. The predicted octanol–water partition coefficient (Wildman–Crippen LogP) is 1.71. The number of carbonyl (C=O) groups is 1. The maximum atomic E-state index is 13.1. The van der Waals surface area contributed by atoms with Gasteiger partial charge in [0.2, 0.25) is 5.91 Å². The Balaban J connectivity index is 1.53. The Morgan fingerprint density at radius 1 is 1.42 bits per heavy atom. The smallest absolute Gasteiger partial charge is 0.227 e. The van der Waals surface area contributed by atoms with Crippen LogP contribution in [-0.2, 0) is 24.3 Å². The lowest BCUT2D eigenvalue weighted by Gasteiger charge is -2.36. The molecular weight excluding hydrogens is 328 g/mol. The number of piperidine rings is 1. The van der Waals surface area contributed by atoms with Crippen LogP contribution in [0.15, 0.2) is 24.7 Å². The molecule has 0 spiro atoms. The number of hydrogen-bond donors (Lipinski definition) is 1. The maximum absolute atomic E-state index is 13.1. The van der Waals surface area contributed by atoms with Gasteiger partial charge in [-0.3, -0.25) is 9.48 Å². The standard InChI is InChI=1S/C19H26N6O/c1-14(13-24-9-4-7-22-24)19(26)25-10-3-2-5-17(25)18-21-12-15-11-20-8-6-16(15)23-18/h4,7,9,12,14,17,20H,2-3,5-6,8,10-11,13H2,1H3/t14-,17+/m1/s1. The molecule has 0 unspecified atom stereocenters. The Morgan fingerprint density at radius 3 is 3.19 bits per heavy atom. The summed E-state index contributed by atoms with van der Waals surface area (Å²) in [6.07, 6.45) is 9.62. The van der Waals surface area contributed by atoms with Gasteiger partial charge in [0, 0.05) is 55.9 Å². The predicted molar refractivity (Wildman–Crippen MR) is 97.1 cm³/mol. The molecule has 2 atom stereocenters. The van der Waals surface area contributed by atoms with Gasteiger partial charge in [-0.2, -0.15) is 5.10 Å². The van der Waals surface area contributed by atoms with E-state index in [0.717, 1.165) is 56.8 Å². The zero-order chi connectivity index (χ0) is 17.9. The van der Waals surface area contributed by atoms with Crippen molar-refractivity contribution < 1.29 is 4.79 Å². The van der Waals surface area contributed by atoms with Crippen LogP contribution in [0.2, 0.25) is 0 Å². The third-order valence-electron chi connectivity index (χ3n) is 5.35. The van der Waals surface area contributed by atoms with Crippen LogP contribution in [0.3, 0.4) is 0 Å². The molecular formula is C19H26N6O. The van der Waals surface area contributed by atoms with Crippen LogP contribution in [0.4, 0.5) is 0 Å². The number of aromatic nitrogens is 4. The molecule has 0 radical (unpaired) electrons. The topological polar surface area (TPSA) is 75.9 Å². The Bertz CT molecular complexity index is 759. The summed E-state index contributed by atoms with van der Waals surface area (Å²) in [7, 11) is 0. The fourth-order valence-electron chi connectivity index (χ4n) is 3.93. The summed E-state index contributed by atoms with van der Waals surface area (Å²) in [6.45, 7) is 5.16. The highest BCUT2D eigenvalue weighted by Gasteiger charge is 2.33. The van der Waals surface area contributed by atoms with Gasteiger partial charge in [0.15, 0.2) is 5.82 Å². The summed E-state index contributed by atoms with van der Waals surface area (Å²) in [4.78, 5) is 24.6. The van der Waals surface area contributed by atoms with Gasteiger partial charge >= 0.3 is 0 Å². The SMILES string of the molecule is C[C@H](Cn1cccn1)C(=O)N1CCCC[C@H]1c1ncc2c(n1)CCNC2. The van der Waals surface area contributed by atoms with Crippen LogP contribution in [0.5, 0.6) is 0 Å². The molecule has 0 saturated carbocycles. The molecule has 138 valence electrons. The molecule has 2 aliphatic heterocycles. The summed E-state index contributed by atoms with van der Waals surface area (Å²) in [5.41, 5.74) is 2.32. The fraction of sp³-hybridized carbons (Fsp3) is 0.579. The van der Waals surface area contributed by atoms with Crippen LogP contribution in [0.25, 0.3) is 0 Å². The first-order valence-electron chi connectivity index (χ1n) is 9.55. The summed E-state index contributed by atoms with van der Waals surface area (Å²) >= 11 is 0. The van der Waals surface area contributed by atoms with Crippen LogP contribution in [-0.4, -0.2) is 43.6 Å². The first-order valence-corrected chi connectivity index (χ1v) is 9.55. The van der Waals surface area contributed by atoms with Crippen molar-refractivity contribution in [3.05, 3.63) is 41.7 Å². The van der Waals surface area contributed by atoms with E-state index in [4.69, 9.17) is 4.98 Å². The molecule has 7 heteroatoms. The van der Waals surface area contributed by atoms with E-state index in [0.29, 0.717) is 6.54 Å². The van der Waals surface area contributed by atoms with Crippen LogP contribution in [0, 0.1) is 5.92 Å². The quantitative estimate of drug-likeness (QED) is 0.905. The lowest BCUT2D eigenvalue weighted by atomic mass is 9.98. The van der Waals surface area contributed by atoms with Crippen molar-refractivity contribution in [1.82, 2.24) is 30.0 Å². The number of fused-ring (bicyclic) bond motifs is 1. The molecule has 0 aliphatic carbocycles. The third-order valence-corrected chi connectivity index (χ3v) is 5.35. The summed E-state index contributed by atoms with van der Waals surface area (Å²) in [6, 6.07) is 1.88. The molecule has 1 fully saturated rings. The fourth-order valence-corrected chi connectivity index (χ4v) is 3.93. The summed E-state index contributed by atoms with van der Waals surface area (Å²) in [5, 5.41) is 7.57. The number of hydrogen-bond acceptors (Lipinski definition) is 5. The van der Waals surface area contributed by atoms with Gasteiger partial charge in [-0.15, -0.1) is 0 Å². The van der Waals surface area contributed by atoms with Gasteiger partial charge in [-0.25, -0.2) is 9.97 Å². The van der Waals surface area contributed by atoms with Gasteiger partial charge in [0.1, 0.15) is 0 Å². The average Bonchev–Trinajstić information content (AvgIpc) is 3.20. The zero-order valence-corrected chi connectivity index (χ0v) is 15.3. The van der Waals surface area contributed by atoms with E-state index in [1.54, 1.807) is 6.20 Å². The summed E-state index contributed by atoms with van der Waals surface area (Å²) in [5.74, 6) is 0.871. The number of carbonyl (C=O) groups excluding carboxylic acids is 1. The molecule has 4 heterocycles. The minimum absolute atomic E-state index is 0.00323. The molecule has 1 N–H and O–H groups in total. The van der Waals surface area contributed by atoms with Crippen molar-refractivity contribution in [2.24, 2.45) is 5.92 Å². The maximum Gasteiger partial charge on any atom is 0.227 e. The van der Waals surface area contributed by atoms with E-state index in [2.05, 4.69) is 15.4 Å². The molecule has 4 rings (SSSR count). The Morgan fingerprint density at radius 2 is 2.35 bits per heavy atom. The molecule has 7 nitrogen and oxygen atoms in total. The molecule has 0 aromatic carbocycles. The number of nitrogens with one attached hydrogen (secondary N) is 1. The lowest BCUT2D eigenvalue weighted by molar-refractivity contribution is -0.139. The minimum Gasteiger partial charge on any atom is -0.332 e. The van der Waals surface area contributed by atoms with Gasteiger partial charge in [0.05, 0.1) is 18.5 Å². The molecule has 1 amide bonds. The second kappa shape index (κ2) is 7.53. The van der Waals surface area contributed by atoms with Gasteiger partial charge in [-0.05, 0) is 25.3 Å². The Hall–Kier alpha value is -2.28. The monoisotopic (exact) mass is 354 g/mol. The van der Waals surface area contributed by atoms with Crippen molar-refractivity contribution in [1.29, 1.82) is 0 Å². The third kappa shape index (κ3) is 3.49. The van der Waals surface area contributed by atoms with Crippen LogP contribution < -0.4 is 5.32 Å². The van der Waals surface area contributed by atoms with E-state index in [1.165, 1.54) is 5.56 Å². The van der Waals surface area contributed by atoms with E-state index in [1.807, 2.05) is 35.0 Å². The first kappa shape index (κ1) is 17.1. The average molecular weight is 354 g/mol. The van der Waals surface area contributed by atoms with Crippen molar-refractivity contribution in [2.75, 3.05) is 13.1 Å². The number of likely N-dealkylation sites (tertiary alicyclic amines) is 1.